The molecule has 0 heterocycles. The van der Waals surface area contributed by atoms with Crippen molar-refractivity contribution in [2.24, 2.45) is 0 Å². The lowest BCUT2D eigenvalue weighted by Crippen LogP contribution is -1.94. The van der Waals surface area contributed by atoms with Crippen LogP contribution in [0.5, 0.6) is 11.5 Å². The summed E-state index contributed by atoms with van der Waals surface area (Å²) in [6.07, 6.45) is 0.315. The van der Waals surface area contributed by atoms with Crippen LogP contribution in [0.1, 0.15) is 30.6 Å². The lowest BCUT2D eigenvalue weighted by Gasteiger charge is -2.10. The number of hydrogen-bond donors (Lipinski definition) is 1. The Morgan fingerprint density at radius 2 is 1.74 bits per heavy atom. The van der Waals surface area contributed by atoms with Crippen LogP contribution in [0.15, 0.2) is 46.9 Å². The third-order valence-electron chi connectivity index (χ3n) is 3.02. The van der Waals surface area contributed by atoms with Crippen LogP contribution in [0.2, 0.25) is 0 Å². The van der Waals surface area contributed by atoms with E-state index >= 15 is 0 Å². The van der Waals surface area contributed by atoms with Gasteiger partial charge in [-0.15, -0.1) is 0 Å². The number of benzene rings is 2. The molecule has 2 nitrogen and oxygen atoms in total. The van der Waals surface area contributed by atoms with Crippen LogP contribution in [0, 0.1) is 6.92 Å². The van der Waals surface area contributed by atoms with Crippen molar-refractivity contribution in [2.45, 2.75) is 26.4 Å². The third-order valence-corrected chi connectivity index (χ3v) is 3.91. The highest BCUT2D eigenvalue weighted by Crippen LogP contribution is 2.27. The molecule has 0 aliphatic heterocycles. The first-order valence-corrected chi connectivity index (χ1v) is 7.11. The minimum atomic E-state index is -0.399. The van der Waals surface area contributed by atoms with Crippen molar-refractivity contribution < 1.29 is 9.84 Å². The highest BCUT2D eigenvalue weighted by atomic mass is 79.9. The first kappa shape index (κ1) is 14.1. The van der Waals surface area contributed by atoms with Crippen molar-refractivity contribution in [1.82, 2.24) is 0 Å². The Balaban J connectivity index is 2.12. The van der Waals surface area contributed by atoms with E-state index in [0.717, 1.165) is 27.1 Å². The summed E-state index contributed by atoms with van der Waals surface area (Å²) in [4.78, 5) is 0. The van der Waals surface area contributed by atoms with Gasteiger partial charge in [0.05, 0.1) is 6.10 Å². The Morgan fingerprint density at radius 3 is 2.32 bits per heavy atom. The molecule has 0 amide bonds. The van der Waals surface area contributed by atoms with Crippen molar-refractivity contribution in [2.75, 3.05) is 0 Å². The second-order valence-corrected chi connectivity index (χ2v) is 5.36. The SMILES string of the molecule is CCC(O)c1ccc(Oc2ccc(Br)c(C)c2)cc1. The van der Waals surface area contributed by atoms with Crippen LogP contribution < -0.4 is 4.74 Å². The molecule has 0 radical (unpaired) electrons. The molecular weight excluding hydrogens is 304 g/mol. The van der Waals surface area contributed by atoms with Gasteiger partial charge in [-0.05, 0) is 54.8 Å². The minimum Gasteiger partial charge on any atom is -0.457 e. The van der Waals surface area contributed by atoms with Crippen molar-refractivity contribution in [3.8, 4) is 11.5 Å². The molecule has 2 rings (SSSR count). The van der Waals surface area contributed by atoms with Gasteiger partial charge in [0.25, 0.3) is 0 Å². The van der Waals surface area contributed by atoms with Gasteiger partial charge >= 0.3 is 0 Å². The van der Waals surface area contributed by atoms with E-state index in [-0.39, 0.29) is 0 Å². The van der Waals surface area contributed by atoms with Gasteiger partial charge in [0.1, 0.15) is 11.5 Å². The minimum absolute atomic E-state index is 0.399. The summed E-state index contributed by atoms with van der Waals surface area (Å²) in [6.45, 7) is 3.98. The van der Waals surface area contributed by atoms with Crippen LogP contribution in [-0.4, -0.2) is 5.11 Å². The monoisotopic (exact) mass is 320 g/mol. The fraction of sp³-hybridized carbons (Fsp3) is 0.250. The van der Waals surface area contributed by atoms with Crippen LogP contribution in [0.25, 0.3) is 0 Å². The molecule has 2 aromatic carbocycles. The molecule has 19 heavy (non-hydrogen) atoms. The predicted octanol–water partition coefficient (Wildman–Crippen LogP) is 4.99. The number of ether oxygens (including phenoxy) is 1. The highest BCUT2D eigenvalue weighted by molar-refractivity contribution is 9.10. The Hall–Kier alpha value is -1.32. The smallest absolute Gasteiger partial charge is 0.127 e. The molecule has 3 heteroatoms. The fourth-order valence-electron chi connectivity index (χ4n) is 1.81. The van der Waals surface area contributed by atoms with Gasteiger partial charge in [-0.2, -0.15) is 0 Å². The largest absolute Gasteiger partial charge is 0.457 e. The second-order valence-electron chi connectivity index (χ2n) is 4.51. The normalized spacial score (nSPS) is 12.2. The Labute approximate surface area is 122 Å². The van der Waals surface area contributed by atoms with Gasteiger partial charge in [-0.25, -0.2) is 0 Å². The number of hydrogen-bond acceptors (Lipinski definition) is 2. The van der Waals surface area contributed by atoms with Crippen LogP contribution in [0.4, 0.5) is 0 Å². The quantitative estimate of drug-likeness (QED) is 0.859. The van der Waals surface area contributed by atoms with Gasteiger partial charge in [0.2, 0.25) is 0 Å². The lowest BCUT2D eigenvalue weighted by atomic mass is 10.1. The average Bonchev–Trinajstić information content (AvgIpc) is 2.43. The van der Waals surface area contributed by atoms with E-state index in [0.29, 0.717) is 6.42 Å². The molecule has 0 bridgehead atoms. The van der Waals surface area contributed by atoms with Gasteiger partial charge in [-0.1, -0.05) is 35.0 Å². The topological polar surface area (TPSA) is 29.5 Å². The number of aryl methyl sites for hydroxylation is 1. The summed E-state index contributed by atoms with van der Waals surface area (Å²) in [7, 11) is 0. The molecule has 1 N–H and O–H groups in total. The molecule has 0 aliphatic carbocycles. The van der Waals surface area contributed by atoms with Gasteiger partial charge in [0, 0.05) is 4.47 Å². The zero-order valence-electron chi connectivity index (χ0n) is 11.1. The maximum atomic E-state index is 9.73. The van der Waals surface area contributed by atoms with E-state index in [9.17, 15) is 5.11 Å². The van der Waals surface area contributed by atoms with Crippen molar-refractivity contribution in [1.29, 1.82) is 0 Å². The Bertz CT molecular complexity index is 549. The van der Waals surface area contributed by atoms with Crippen molar-refractivity contribution in [3.63, 3.8) is 0 Å². The predicted molar refractivity (Wildman–Crippen MR) is 80.6 cm³/mol. The van der Waals surface area contributed by atoms with E-state index in [1.54, 1.807) is 0 Å². The maximum Gasteiger partial charge on any atom is 0.127 e. The molecule has 0 aliphatic rings. The van der Waals surface area contributed by atoms with E-state index in [2.05, 4.69) is 15.9 Å². The number of aliphatic hydroxyl groups excluding tert-OH is 1. The highest BCUT2D eigenvalue weighted by Gasteiger charge is 2.05. The van der Waals surface area contributed by atoms with Gasteiger partial charge in [0.15, 0.2) is 0 Å². The maximum absolute atomic E-state index is 9.73. The summed E-state index contributed by atoms with van der Waals surface area (Å²) in [5.41, 5.74) is 2.05. The zero-order chi connectivity index (χ0) is 13.8. The summed E-state index contributed by atoms with van der Waals surface area (Å²) in [6, 6.07) is 13.4. The molecule has 0 fully saturated rings. The first-order chi connectivity index (χ1) is 9.10. The van der Waals surface area contributed by atoms with Crippen LogP contribution in [0.3, 0.4) is 0 Å². The van der Waals surface area contributed by atoms with E-state index in [4.69, 9.17) is 4.74 Å². The van der Waals surface area contributed by atoms with E-state index in [1.807, 2.05) is 56.3 Å². The van der Waals surface area contributed by atoms with Gasteiger partial charge < -0.3 is 9.84 Å². The molecule has 1 atom stereocenters. The lowest BCUT2D eigenvalue weighted by molar-refractivity contribution is 0.173. The number of rotatable bonds is 4. The third kappa shape index (κ3) is 3.58. The van der Waals surface area contributed by atoms with Crippen LogP contribution >= 0.6 is 15.9 Å². The first-order valence-electron chi connectivity index (χ1n) is 6.32. The number of aliphatic hydroxyl groups is 1. The Kier molecular flexibility index (Phi) is 4.61. The molecule has 2 aromatic rings. The van der Waals surface area contributed by atoms with Gasteiger partial charge in [-0.3, -0.25) is 0 Å². The molecule has 0 aromatic heterocycles. The summed E-state index contributed by atoms with van der Waals surface area (Å²) < 4.78 is 6.85. The molecule has 1 unspecified atom stereocenters. The standard InChI is InChI=1S/C16H17BrO2/c1-3-16(18)12-4-6-13(7-5-12)19-14-8-9-15(17)11(2)10-14/h4-10,16,18H,3H2,1-2H3. The van der Waals surface area contributed by atoms with E-state index in [1.165, 1.54) is 0 Å². The fourth-order valence-corrected chi connectivity index (χ4v) is 2.06. The summed E-state index contributed by atoms with van der Waals surface area (Å²) in [5, 5.41) is 9.73. The molecule has 0 saturated heterocycles. The molecule has 100 valence electrons. The van der Waals surface area contributed by atoms with Crippen molar-refractivity contribution in [3.05, 3.63) is 58.1 Å². The summed E-state index contributed by atoms with van der Waals surface area (Å²) >= 11 is 3.46. The molecule has 0 saturated carbocycles. The van der Waals surface area contributed by atoms with Crippen LogP contribution in [-0.2, 0) is 0 Å². The number of halogens is 1. The van der Waals surface area contributed by atoms with Crippen molar-refractivity contribution >= 4 is 15.9 Å². The molecular formula is C16H17BrO2. The van der Waals surface area contributed by atoms with E-state index < -0.39 is 6.10 Å². The zero-order valence-corrected chi connectivity index (χ0v) is 12.6. The molecule has 0 spiro atoms. The second kappa shape index (κ2) is 6.22. The Morgan fingerprint density at radius 1 is 1.11 bits per heavy atom. The summed E-state index contributed by atoms with van der Waals surface area (Å²) in [5.74, 6) is 1.58. The average molecular weight is 321 g/mol.